The minimum atomic E-state index is 0.343. The van der Waals surface area contributed by atoms with Crippen LogP contribution in [-0.4, -0.2) is 37.7 Å². The van der Waals surface area contributed by atoms with Gasteiger partial charge in [0.05, 0.1) is 12.6 Å². The largest absolute Gasteiger partial charge is 0.383 e. The van der Waals surface area contributed by atoms with E-state index >= 15 is 0 Å². The number of nitrogens with zero attached hydrogens (tertiary/aromatic N) is 1. The molecule has 3 nitrogen and oxygen atoms in total. The lowest BCUT2D eigenvalue weighted by Gasteiger charge is -2.35. The van der Waals surface area contributed by atoms with Crippen LogP contribution >= 0.6 is 11.3 Å². The summed E-state index contributed by atoms with van der Waals surface area (Å²) in [6.45, 7) is 4.76. The standard InChI is InChI=1S/C14H24N2OS/c1-11(12-5-6-12)16(7-8-17-2)13(10-15)14-4-3-9-18-14/h3-4,9,11-13H,5-8,10,15H2,1-2H3. The van der Waals surface area contributed by atoms with Crippen molar-refractivity contribution in [3.8, 4) is 0 Å². The lowest BCUT2D eigenvalue weighted by Crippen LogP contribution is -2.42. The Morgan fingerprint density at radius 1 is 1.56 bits per heavy atom. The maximum Gasteiger partial charge on any atom is 0.0590 e. The second-order valence-corrected chi connectivity index (χ2v) is 6.05. The van der Waals surface area contributed by atoms with Gasteiger partial charge in [-0.3, -0.25) is 4.90 Å². The predicted molar refractivity (Wildman–Crippen MR) is 76.9 cm³/mol. The Morgan fingerprint density at radius 3 is 2.83 bits per heavy atom. The molecule has 0 spiro atoms. The third-order valence-electron chi connectivity index (χ3n) is 3.88. The van der Waals surface area contributed by atoms with Gasteiger partial charge in [0, 0.05) is 31.1 Å². The van der Waals surface area contributed by atoms with Gasteiger partial charge in [0.25, 0.3) is 0 Å². The van der Waals surface area contributed by atoms with E-state index in [4.69, 9.17) is 10.5 Å². The number of hydrogen-bond donors (Lipinski definition) is 1. The normalized spacial score (nSPS) is 19.1. The smallest absolute Gasteiger partial charge is 0.0590 e. The molecule has 0 radical (unpaired) electrons. The van der Waals surface area contributed by atoms with E-state index in [1.54, 1.807) is 18.4 Å². The van der Waals surface area contributed by atoms with Crippen molar-refractivity contribution in [2.75, 3.05) is 26.8 Å². The van der Waals surface area contributed by atoms with Crippen LogP contribution in [0.5, 0.6) is 0 Å². The first-order valence-corrected chi connectivity index (χ1v) is 7.64. The summed E-state index contributed by atoms with van der Waals surface area (Å²) < 4.78 is 5.26. The lowest BCUT2D eigenvalue weighted by molar-refractivity contribution is 0.0847. The molecule has 4 heteroatoms. The molecule has 2 atom stereocenters. The van der Waals surface area contributed by atoms with Crippen LogP contribution in [0.1, 0.15) is 30.7 Å². The van der Waals surface area contributed by atoms with Gasteiger partial charge in [0.1, 0.15) is 0 Å². The van der Waals surface area contributed by atoms with Gasteiger partial charge >= 0.3 is 0 Å². The van der Waals surface area contributed by atoms with Crippen LogP contribution in [0.25, 0.3) is 0 Å². The Bertz CT molecular complexity index is 338. The fraction of sp³-hybridized carbons (Fsp3) is 0.714. The van der Waals surface area contributed by atoms with Crippen molar-refractivity contribution in [1.29, 1.82) is 0 Å². The highest BCUT2D eigenvalue weighted by molar-refractivity contribution is 7.10. The molecule has 2 N–H and O–H groups in total. The molecule has 1 heterocycles. The maximum absolute atomic E-state index is 6.02. The fourth-order valence-electron chi connectivity index (χ4n) is 2.59. The Morgan fingerprint density at radius 2 is 2.33 bits per heavy atom. The highest BCUT2D eigenvalue weighted by Gasteiger charge is 2.35. The first kappa shape index (κ1) is 14.0. The van der Waals surface area contributed by atoms with Crippen molar-refractivity contribution in [2.24, 2.45) is 11.7 Å². The third kappa shape index (κ3) is 3.32. The molecule has 1 saturated carbocycles. The van der Waals surface area contributed by atoms with Gasteiger partial charge < -0.3 is 10.5 Å². The van der Waals surface area contributed by atoms with Crippen LogP contribution in [0.2, 0.25) is 0 Å². The van der Waals surface area contributed by atoms with Crippen molar-refractivity contribution in [3.05, 3.63) is 22.4 Å². The van der Waals surface area contributed by atoms with E-state index in [1.807, 2.05) is 0 Å². The van der Waals surface area contributed by atoms with E-state index < -0.39 is 0 Å². The van der Waals surface area contributed by atoms with Crippen LogP contribution in [0.3, 0.4) is 0 Å². The van der Waals surface area contributed by atoms with Gasteiger partial charge in [-0.05, 0) is 37.1 Å². The van der Waals surface area contributed by atoms with E-state index in [2.05, 4.69) is 29.3 Å². The molecule has 1 aromatic heterocycles. The van der Waals surface area contributed by atoms with Crippen molar-refractivity contribution in [3.63, 3.8) is 0 Å². The summed E-state index contributed by atoms with van der Waals surface area (Å²) in [5, 5.41) is 2.13. The van der Waals surface area contributed by atoms with Gasteiger partial charge in [0.2, 0.25) is 0 Å². The molecule has 1 aliphatic rings. The number of methoxy groups -OCH3 is 1. The van der Waals surface area contributed by atoms with Gasteiger partial charge in [-0.25, -0.2) is 0 Å². The highest BCUT2D eigenvalue weighted by atomic mass is 32.1. The SMILES string of the molecule is COCCN(C(CN)c1cccs1)C(C)C1CC1. The molecule has 2 rings (SSSR count). The Kier molecular flexibility index (Phi) is 5.18. The molecule has 102 valence electrons. The summed E-state index contributed by atoms with van der Waals surface area (Å²) >= 11 is 1.80. The van der Waals surface area contributed by atoms with Crippen LogP contribution in [0, 0.1) is 5.92 Å². The Balaban J connectivity index is 2.09. The van der Waals surface area contributed by atoms with Gasteiger partial charge in [-0.2, -0.15) is 0 Å². The number of ether oxygens (including phenoxy) is 1. The number of hydrogen-bond acceptors (Lipinski definition) is 4. The lowest BCUT2D eigenvalue weighted by atomic mass is 10.1. The van der Waals surface area contributed by atoms with E-state index in [9.17, 15) is 0 Å². The molecular formula is C14H24N2OS. The summed E-state index contributed by atoms with van der Waals surface area (Å²) in [4.78, 5) is 3.91. The second-order valence-electron chi connectivity index (χ2n) is 5.08. The summed E-state index contributed by atoms with van der Waals surface area (Å²) in [6, 6.07) is 5.26. The minimum absolute atomic E-state index is 0.343. The summed E-state index contributed by atoms with van der Waals surface area (Å²) in [6.07, 6.45) is 2.73. The molecule has 1 aromatic rings. The molecule has 0 saturated heterocycles. The molecule has 1 aliphatic carbocycles. The van der Waals surface area contributed by atoms with E-state index in [0.717, 1.165) is 19.1 Å². The summed E-state index contributed by atoms with van der Waals surface area (Å²) in [7, 11) is 1.77. The summed E-state index contributed by atoms with van der Waals surface area (Å²) in [5.41, 5.74) is 6.02. The first-order valence-electron chi connectivity index (χ1n) is 6.76. The number of rotatable bonds is 8. The molecule has 0 amide bonds. The van der Waals surface area contributed by atoms with Crippen molar-refractivity contribution in [2.45, 2.75) is 31.8 Å². The molecule has 1 fully saturated rings. The van der Waals surface area contributed by atoms with Crippen LogP contribution in [0.4, 0.5) is 0 Å². The molecule has 2 unspecified atom stereocenters. The number of nitrogens with two attached hydrogens (primary N) is 1. The fourth-order valence-corrected chi connectivity index (χ4v) is 3.45. The number of thiophene rings is 1. The van der Waals surface area contributed by atoms with Gasteiger partial charge in [0.15, 0.2) is 0 Å². The van der Waals surface area contributed by atoms with Crippen LogP contribution in [0.15, 0.2) is 17.5 Å². The second kappa shape index (κ2) is 6.66. The zero-order valence-corrected chi connectivity index (χ0v) is 12.2. The van der Waals surface area contributed by atoms with E-state index in [1.165, 1.54) is 17.7 Å². The maximum atomic E-state index is 6.02. The highest BCUT2D eigenvalue weighted by Crippen LogP contribution is 2.38. The van der Waals surface area contributed by atoms with Gasteiger partial charge in [-0.1, -0.05) is 6.07 Å². The summed E-state index contributed by atoms with van der Waals surface area (Å²) in [5.74, 6) is 0.857. The predicted octanol–water partition coefficient (Wildman–Crippen LogP) is 2.49. The van der Waals surface area contributed by atoms with Crippen molar-refractivity contribution in [1.82, 2.24) is 4.90 Å². The molecular weight excluding hydrogens is 244 g/mol. The zero-order chi connectivity index (χ0) is 13.0. The third-order valence-corrected chi connectivity index (χ3v) is 4.85. The Labute approximate surface area is 114 Å². The minimum Gasteiger partial charge on any atom is -0.383 e. The van der Waals surface area contributed by atoms with E-state index in [-0.39, 0.29) is 0 Å². The first-order chi connectivity index (χ1) is 8.77. The quantitative estimate of drug-likeness (QED) is 0.787. The molecule has 0 bridgehead atoms. The average molecular weight is 268 g/mol. The van der Waals surface area contributed by atoms with Crippen molar-refractivity contribution >= 4 is 11.3 Å². The van der Waals surface area contributed by atoms with Gasteiger partial charge in [-0.15, -0.1) is 11.3 Å². The molecule has 0 aliphatic heterocycles. The average Bonchev–Trinajstić information content (AvgIpc) is 3.10. The van der Waals surface area contributed by atoms with Crippen molar-refractivity contribution < 1.29 is 4.74 Å². The molecule has 0 aromatic carbocycles. The molecule has 18 heavy (non-hydrogen) atoms. The van der Waals surface area contributed by atoms with E-state index in [0.29, 0.717) is 18.6 Å². The zero-order valence-electron chi connectivity index (χ0n) is 11.3. The Hall–Kier alpha value is -0.420. The van der Waals surface area contributed by atoms with Crippen LogP contribution in [-0.2, 0) is 4.74 Å². The monoisotopic (exact) mass is 268 g/mol. The topological polar surface area (TPSA) is 38.5 Å². The van der Waals surface area contributed by atoms with Crippen LogP contribution < -0.4 is 5.73 Å².